The van der Waals surface area contributed by atoms with Crippen LogP contribution in [0.4, 0.5) is 5.69 Å². The zero-order valence-electron chi connectivity index (χ0n) is 17.7. The number of Topliss-reactive ketones (excluding diaryl/α,β-unsaturated/α-hetero) is 1. The lowest BCUT2D eigenvalue weighted by Gasteiger charge is -2.13. The molecule has 0 fully saturated rings. The highest BCUT2D eigenvalue weighted by atomic mass is 16.5. The van der Waals surface area contributed by atoms with Gasteiger partial charge in [0, 0.05) is 45.0 Å². The molecule has 0 atom stereocenters. The van der Waals surface area contributed by atoms with E-state index in [4.69, 9.17) is 4.74 Å². The van der Waals surface area contributed by atoms with E-state index in [1.54, 1.807) is 12.4 Å². The number of pyridine rings is 1. The minimum Gasteiger partial charge on any atom is -0.438 e. The number of ether oxygens (including phenoxy) is 1. The highest BCUT2D eigenvalue weighted by Crippen LogP contribution is 2.29. The Morgan fingerprint density at radius 3 is 2.58 bits per heavy atom. The van der Waals surface area contributed by atoms with Crippen LogP contribution in [-0.4, -0.2) is 34.8 Å². The summed E-state index contributed by atoms with van der Waals surface area (Å²) in [6.45, 7) is 0. The molecule has 0 unspecified atom stereocenters. The third-order valence-electron chi connectivity index (χ3n) is 5.05. The molecule has 0 bridgehead atoms. The predicted octanol–water partition coefficient (Wildman–Crippen LogP) is 4.63. The molecule has 6 heteroatoms. The normalized spacial score (nSPS) is 10.8. The van der Waals surface area contributed by atoms with Crippen LogP contribution in [0.15, 0.2) is 73.3 Å². The molecule has 0 aliphatic rings. The number of benzene rings is 2. The summed E-state index contributed by atoms with van der Waals surface area (Å²) >= 11 is 0. The molecule has 4 aromatic rings. The van der Waals surface area contributed by atoms with Crippen LogP contribution in [0.5, 0.6) is 11.6 Å². The van der Waals surface area contributed by atoms with E-state index in [0.29, 0.717) is 30.9 Å². The minimum atomic E-state index is 0.205. The molecule has 0 saturated carbocycles. The van der Waals surface area contributed by atoms with Gasteiger partial charge in [0.2, 0.25) is 5.88 Å². The van der Waals surface area contributed by atoms with E-state index < -0.39 is 0 Å². The van der Waals surface area contributed by atoms with Gasteiger partial charge in [0.15, 0.2) is 0 Å². The van der Waals surface area contributed by atoms with Crippen molar-refractivity contribution in [3.63, 3.8) is 0 Å². The van der Waals surface area contributed by atoms with E-state index in [1.165, 1.54) is 6.33 Å². The summed E-state index contributed by atoms with van der Waals surface area (Å²) in [5.41, 5.74) is 3.93. The van der Waals surface area contributed by atoms with Gasteiger partial charge < -0.3 is 9.64 Å². The topological polar surface area (TPSA) is 68.2 Å². The van der Waals surface area contributed by atoms with Gasteiger partial charge in [-0.05, 0) is 53.9 Å². The maximum atomic E-state index is 12.3. The molecule has 31 heavy (non-hydrogen) atoms. The van der Waals surface area contributed by atoms with Crippen LogP contribution in [0.2, 0.25) is 0 Å². The van der Waals surface area contributed by atoms with Crippen molar-refractivity contribution < 1.29 is 9.53 Å². The predicted molar refractivity (Wildman–Crippen MR) is 122 cm³/mol. The molecule has 0 aliphatic carbocycles. The molecule has 4 rings (SSSR count). The number of fused-ring (bicyclic) bond motifs is 1. The van der Waals surface area contributed by atoms with E-state index in [1.807, 2.05) is 73.6 Å². The first-order valence-electron chi connectivity index (χ1n) is 10.2. The van der Waals surface area contributed by atoms with E-state index in [2.05, 4.69) is 15.0 Å². The van der Waals surface area contributed by atoms with Crippen molar-refractivity contribution in [1.29, 1.82) is 0 Å². The summed E-state index contributed by atoms with van der Waals surface area (Å²) in [7, 11) is 3.98. The number of anilines is 1. The van der Waals surface area contributed by atoms with Crippen molar-refractivity contribution in [1.82, 2.24) is 15.0 Å². The van der Waals surface area contributed by atoms with Gasteiger partial charge >= 0.3 is 0 Å². The molecule has 6 nitrogen and oxygen atoms in total. The number of hydrogen-bond acceptors (Lipinski definition) is 6. The fourth-order valence-electron chi connectivity index (χ4n) is 3.31. The highest BCUT2D eigenvalue weighted by Gasteiger charge is 2.09. The lowest BCUT2D eigenvalue weighted by molar-refractivity contribution is -0.118. The average Bonchev–Trinajstić information content (AvgIpc) is 2.79. The number of hydrogen-bond donors (Lipinski definition) is 0. The SMILES string of the molecule is CN(C)c1ccc2c(Oc3ccc(CC(=O)CCc4cccnc4)cc3)ncnc2c1. The summed E-state index contributed by atoms with van der Waals surface area (Å²) in [6.07, 6.45) is 6.67. The molecule has 2 aromatic carbocycles. The number of carbonyl (C=O) groups excluding carboxylic acids is 1. The number of rotatable bonds is 8. The summed E-state index contributed by atoms with van der Waals surface area (Å²) in [5.74, 6) is 1.38. The van der Waals surface area contributed by atoms with Crippen molar-refractivity contribution >= 4 is 22.4 Å². The molecule has 156 valence electrons. The van der Waals surface area contributed by atoms with Crippen LogP contribution in [0.3, 0.4) is 0 Å². The second-order valence-electron chi connectivity index (χ2n) is 7.60. The fraction of sp³-hybridized carbons (Fsp3) is 0.200. The number of ketones is 1. The Balaban J connectivity index is 1.40. The fourth-order valence-corrected chi connectivity index (χ4v) is 3.31. The molecular formula is C25H24N4O2. The lowest BCUT2D eigenvalue weighted by Crippen LogP contribution is -2.08. The van der Waals surface area contributed by atoms with Crippen molar-refractivity contribution in [2.24, 2.45) is 0 Å². The Morgan fingerprint density at radius 1 is 1.00 bits per heavy atom. The quantitative estimate of drug-likeness (QED) is 0.420. The minimum absolute atomic E-state index is 0.205. The van der Waals surface area contributed by atoms with Gasteiger partial charge in [-0.25, -0.2) is 9.97 Å². The monoisotopic (exact) mass is 412 g/mol. The molecule has 0 amide bonds. The maximum absolute atomic E-state index is 12.3. The summed E-state index contributed by atoms with van der Waals surface area (Å²) < 4.78 is 6.00. The van der Waals surface area contributed by atoms with Gasteiger partial charge in [-0.3, -0.25) is 9.78 Å². The Hall–Kier alpha value is -3.80. The van der Waals surface area contributed by atoms with Gasteiger partial charge in [0.05, 0.1) is 10.9 Å². The molecule has 2 aromatic heterocycles. The van der Waals surface area contributed by atoms with E-state index in [-0.39, 0.29) is 5.78 Å². The Kier molecular flexibility index (Phi) is 6.17. The van der Waals surface area contributed by atoms with Gasteiger partial charge in [0.1, 0.15) is 17.9 Å². The van der Waals surface area contributed by atoms with E-state index in [9.17, 15) is 4.79 Å². The average molecular weight is 412 g/mol. The molecular weight excluding hydrogens is 388 g/mol. The van der Waals surface area contributed by atoms with Crippen LogP contribution in [0, 0.1) is 0 Å². The molecule has 2 heterocycles. The van der Waals surface area contributed by atoms with Crippen LogP contribution < -0.4 is 9.64 Å². The van der Waals surface area contributed by atoms with Crippen LogP contribution in [0.1, 0.15) is 17.5 Å². The number of carbonyl (C=O) groups is 1. The smallest absolute Gasteiger partial charge is 0.230 e. The van der Waals surface area contributed by atoms with Crippen LogP contribution in [0.25, 0.3) is 10.9 Å². The maximum Gasteiger partial charge on any atom is 0.230 e. The van der Waals surface area contributed by atoms with Gasteiger partial charge in [-0.2, -0.15) is 0 Å². The highest BCUT2D eigenvalue weighted by molar-refractivity contribution is 5.86. The number of aryl methyl sites for hydroxylation is 1. The standard InChI is InChI=1S/C25H24N4O2/c1-29(2)20-8-12-23-24(15-20)27-17-28-25(23)31-22-10-6-18(7-11-22)14-21(30)9-5-19-4-3-13-26-16-19/h3-4,6-8,10-13,15-17H,5,9,14H2,1-2H3. The van der Waals surface area contributed by atoms with Crippen molar-refractivity contribution in [2.75, 3.05) is 19.0 Å². The Bertz CT molecular complexity index is 1180. The molecule has 0 saturated heterocycles. The number of aromatic nitrogens is 3. The number of nitrogens with zero attached hydrogens (tertiary/aromatic N) is 4. The van der Waals surface area contributed by atoms with Gasteiger partial charge in [0.25, 0.3) is 0 Å². The van der Waals surface area contributed by atoms with Crippen molar-refractivity contribution in [3.8, 4) is 11.6 Å². The Labute approximate surface area is 181 Å². The second kappa shape index (κ2) is 9.34. The third-order valence-corrected chi connectivity index (χ3v) is 5.05. The molecule has 0 N–H and O–H groups in total. The molecule has 0 radical (unpaired) electrons. The first-order valence-corrected chi connectivity index (χ1v) is 10.2. The molecule has 0 aliphatic heterocycles. The van der Waals surface area contributed by atoms with Gasteiger partial charge in [-0.15, -0.1) is 0 Å². The Morgan fingerprint density at radius 2 is 1.84 bits per heavy atom. The van der Waals surface area contributed by atoms with Crippen LogP contribution >= 0.6 is 0 Å². The van der Waals surface area contributed by atoms with E-state index >= 15 is 0 Å². The summed E-state index contributed by atoms with van der Waals surface area (Å²) in [5, 5.41) is 0.850. The largest absolute Gasteiger partial charge is 0.438 e. The summed E-state index contributed by atoms with van der Waals surface area (Å²) in [4.78, 5) is 27.1. The third kappa shape index (κ3) is 5.22. The first kappa shape index (κ1) is 20.5. The summed E-state index contributed by atoms with van der Waals surface area (Å²) in [6, 6.07) is 17.4. The van der Waals surface area contributed by atoms with Crippen molar-refractivity contribution in [2.45, 2.75) is 19.3 Å². The lowest BCUT2D eigenvalue weighted by atomic mass is 10.0. The molecule has 0 spiro atoms. The zero-order chi connectivity index (χ0) is 21.6. The second-order valence-corrected chi connectivity index (χ2v) is 7.60. The zero-order valence-corrected chi connectivity index (χ0v) is 17.7. The first-order chi connectivity index (χ1) is 15.1. The van der Waals surface area contributed by atoms with Gasteiger partial charge in [-0.1, -0.05) is 18.2 Å². The van der Waals surface area contributed by atoms with Crippen LogP contribution in [-0.2, 0) is 17.6 Å². The van der Waals surface area contributed by atoms with Crippen molar-refractivity contribution in [3.05, 3.63) is 84.4 Å². The van der Waals surface area contributed by atoms with E-state index in [0.717, 1.165) is 27.7 Å².